The summed E-state index contributed by atoms with van der Waals surface area (Å²) < 4.78 is 0. The number of fused-ring (bicyclic) bond motifs is 1. The lowest BCUT2D eigenvalue weighted by Gasteiger charge is -2.22. The lowest BCUT2D eigenvalue weighted by atomic mass is 10.0. The van der Waals surface area contributed by atoms with Gasteiger partial charge in [-0.25, -0.2) is 9.97 Å². The Hall–Kier alpha value is -1.49. The van der Waals surface area contributed by atoms with Gasteiger partial charge in [0.05, 0.1) is 11.0 Å². The fourth-order valence-electron chi connectivity index (χ4n) is 2.34. The molecule has 0 unspecified atom stereocenters. The molecule has 2 aromatic rings. The van der Waals surface area contributed by atoms with Crippen molar-refractivity contribution in [2.45, 2.75) is 12.8 Å². The Kier molecular flexibility index (Phi) is 3.73. The Morgan fingerprint density at radius 2 is 1.84 bits per heavy atom. The third-order valence-corrected chi connectivity index (χ3v) is 4.55. The van der Waals surface area contributed by atoms with E-state index in [1.54, 1.807) is 0 Å². The van der Waals surface area contributed by atoms with Gasteiger partial charge in [0.2, 0.25) is 0 Å². The molecule has 0 bridgehead atoms. The van der Waals surface area contributed by atoms with Crippen molar-refractivity contribution in [2.75, 3.05) is 29.1 Å². The van der Waals surface area contributed by atoms with Crippen molar-refractivity contribution in [3.05, 3.63) is 24.3 Å². The summed E-state index contributed by atoms with van der Waals surface area (Å²) in [5.41, 5.74) is 7.70. The summed E-state index contributed by atoms with van der Waals surface area (Å²) in [6, 6.07) is 7.81. The molecular formula is C14H18N4S. The second-order valence-electron chi connectivity index (χ2n) is 4.88. The van der Waals surface area contributed by atoms with Crippen molar-refractivity contribution in [1.29, 1.82) is 0 Å². The Morgan fingerprint density at radius 1 is 1.16 bits per heavy atom. The normalized spacial score (nSPS) is 16.6. The van der Waals surface area contributed by atoms with Crippen molar-refractivity contribution in [2.24, 2.45) is 5.92 Å². The minimum absolute atomic E-state index is 0.490. The second-order valence-corrected chi connectivity index (χ2v) is 6.11. The summed E-state index contributed by atoms with van der Waals surface area (Å²) in [5, 5.41) is 3.37. The monoisotopic (exact) mass is 274 g/mol. The molecule has 0 radical (unpaired) electrons. The lowest BCUT2D eigenvalue weighted by Crippen LogP contribution is -2.20. The number of nitrogens with two attached hydrogens (primary N) is 1. The zero-order valence-electron chi connectivity index (χ0n) is 10.8. The molecule has 1 aliphatic rings. The Morgan fingerprint density at radius 3 is 2.58 bits per heavy atom. The van der Waals surface area contributed by atoms with Crippen molar-refractivity contribution < 1.29 is 0 Å². The van der Waals surface area contributed by atoms with E-state index < -0.39 is 0 Å². The molecule has 0 aliphatic carbocycles. The van der Waals surface area contributed by atoms with Crippen LogP contribution in [0.25, 0.3) is 11.0 Å². The predicted octanol–water partition coefficient (Wildman–Crippen LogP) is 2.77. The largest absolute Gasteiger partial charge is 0.381 e. The molecule has 19 heavy (non-hydrogen) atoms. The van der Waals surface area contributed by atoms with Gasteiger partial charge in [-0.3, -0.25) is 0 Å². The molecule has 0 spiro atoms. The Bertz CT molecular complexity index is 566. The summed E-state index contributed by atoms with van der Waals surface area (Å²) in [5.74, 6) is 4.48. The first-order chi connectivity index (χ1) is 9.33. The van der Waals surface area contributed by atoms with E-state index in [-0.39, 0.29) is 0 Å². The number of nitrogens with one attached hydrogen (secondary N) is 1. The van der Waals surface area contributed by atoms with Crippen LogP contribution in [0.5, 0.6) is 0 Å². The average Bonchev–Trinajstić information content (AvgIpc) is 2.46. The lowest BCUT2D eigenvalue weighted by molar-refractivity contribution is 0.515. The van der Waals surface area contributed by atoms with Gasteiger partial charge in [0, 0.05) is 6.54 Å². The van der Waals surface area contributed by atoms with Gasteiger partial charge in [-0.1, -0.05) is 12.1 Å². The minimum Gasteiger partial charge on any atom is -0.381 e. The van der Waals surface area contributed by atoms with E-state index in [0.29, 0.717) is 5.82 Å². The highest BCUT2D eigenvalue weighted by molar-refractivity contribution is 7.99. The topological polar surface area (TPSA) is 63.8 Å². The number of aromatic nitrogens is 2. The van der Waals surface area contributed by atoms with Crippen LogP contribution in [0.3, 0.4) is 0 Å². The number of thioether (sulfide) groups is 1. The van der Waals surface area contributed by atoms with Gasteiger partial charge in [0.1, 0.15) is 0 Å². The standard InChI is InChI=1S/C14H18N4S/c15-13-14(16-9-10-5-7-19-8-6-10)18-12-4-2-1-3-11(12)17-13/h1-4,10H,5-9H2,(H2,15,17)(H,16,18). The minimum atomic E-state index is 0.490. The number of rotatable bonds is 3. The molecule has 0 amide bonds. The molecule has 100 valence electrons. The number of para-hydroxylation sites is 2. The molecule has 3 N–H and O–H groups in total. The predicted molar refractivity (Wildman–Crippen MR) is 82.5 cm³/mol. The van der Waals surface area contributed by atoms with Crippen LogP contribution in [-0.4, -0.2) is 28.0 Å². The van der Waals surface area contributed by atoms with Gasteiger partial charge < -0.3 is 11.1 Å². The highest BCUT2D eigenvalue weighted by atomic mass is 32.2. The van der Waals surface area contributed by atoms with Gasteiger partial charge in [0.15, 0.2) is 11.6 Å². The van der Waals surface area contributed by atoms with Crippen LogP contribution in [0.2, 0.25) is 0 Å². The second kappa shape index (κ2) is 5.65. The van der Waals surface area contributed by atoms with Crippen LogP contribution in [-0.2, 0) is 0 Å². The quantitative estimate of drug-likeness (QED) is 0.901. The van der Waals surface area contributed by atoms with Gasteiger partial charge in [-0.05, 0) is 42.4 Å². The fraction of sp³-hybridized carbons (Fsp3) is 0.429. The molecule has 1 aromatic heterocycles. The first kappa shape index (κ1) is 12.5. The summed E-state index contributed by atoms with van der Waals surface area (Å²) in [6.07, 6.45) is 2.55. The van der Waals surface area contributed by atoms with E-state index >= 15 is 0 Å². The number of hydrogen-bond donors (Lipinski definition) is 2. The van der Waals surface area contributed by atoms with E-state index in [1.165, 1.54) is 24.3 Å². The van der Waals surface area contributed by atoms with Crippen LogP contribution in [0.4, 0.5) is 11.6 Å². The highest BCUT2D eigenvalue weighted by Gasteiger charge is 2.14. The zero-order chi connectivity index (χ0) is 13.1. The van der Waals surface area contributed by atoms with Crippen LogP contribution in [0.15, 0.2) is 24.3 Å². The summed E-state index contributed by atoms with van der Waals surface area (Å²) >= 11 is 2.04. The zero-order valence-corrected chi connectivity index (χ0v) is 11.6. The van der Waals surface area contributed by atoms with Crippen LogP contribution < -0.4 is 11.1 Å². The molecule has 2 heterocycles. The van der Waals surface area contributed by atoms with Crippen LogP contribution in [0, 0.1) is 5.92 Å². The Labute approximate surface area is 117 Å². The van der Waals surface area contributed by atoms with Gasteiger partial charge in [-0.2, -0.15) is 11.8 Å². The van der Waals surface area contributed by atoms with Gasteiger partial charge >= 0.3 is 0 Å². The van der Waals surface area contributed by atoms with E-state index in [4.69, 9.17) is 5.73 Å². The molecule has 3 rings (SSSR count). The maximum Gasteiger partial charge on any atom is 0.169 e. The fourth-order valence-corrected chi connectivity index (χ4v) is 3.54. The van der Waals surface area contributed by atoms with Crippen molar-refractivity contribution in [1.82, 2.24) is 9.97 Å². The molecule has 0 saturated carbocycles. The highest BCUT2D eigenvalue weighted by Crippen LogP contribution is 2.24. The molecule has 1 aliphatic heterocycles. The maximum absolute atomic E-state index is 5.96. The molecule has 1 aromatic carbocycles. The van der Waals surface area contributed by atoms with E-state index in [2.05, 4.69) is 15.3 Å². The van der Waals surface area contributed by atoms with E-state index in [9.17, 15) is 0 Å². The molecule has 0 atom stereocenters. The third kappa shape index (κ3) is 2.92. The summed E-state index contributed by atoms with van der Waals surface area (Å²) in [4.78, 5) is 8.94. The van der Waals surface area contributed by atoms with E-state index in [1.807, 2.05) is 36.0 Å². The average molecular weight is 274 g/mol. The van der Waals surface area contributed by atoms with Gasteiger partial charge in [0.25, 0.3) is 0 Å². The summed E-state index contributed by atoms with van der Waals surface area (Å²) in [6.45, 7) is 0.942. The van der Waals surface area contributed by atoms with Crippen LogP contribution >= 0.6 is 11.8 Å². The first-order valence-corrected chi connectivity index (χ1v) is 7.82. The summed E-state index contributed by atoms with van der Waals surface area (Å²) in [7, 11) is 0. The number of anilines is 2. The molecule has 1 saturated heterocycles. The number of hydrogen-bond acceptors (Lipinski definition) is 5. The van der Waals surface area contributed by atoms with Crippen molar-refractivity contribution in [3.8, 4) is 0 Å². The third-order valence-electron chi connectivity index (χ3n) is 3.50. The van der Waals surface area contributed by atoms with E-state index in [0.717, 1.165) is 29.3 Å². The number of nitrogen functional groups attached to an aromatic ring is 1. The maximum atomic E-state index is 5.96. The van der Waals surface area contributed by atoms with Crippen molar-refractivity contribution >= 4 is 34.4 Å². The first-order valence-electron chi connectivity index (χ1n) is 6.67. The van der Waals surface area contributed by atoms with Crippen LogP contribution in [0.1, 0.15) is 12.8 Å². The van der Waals surface area contributed by atoms with Gasteiger partial charge in [-0.15, -0.1) is 0 Å². The van der Waals surface area contributed by atoms with Crippen molar-refractivity contribution in [3.63, 3.8) is 0 Å². The molecular weight excluding hydrogens is 256 g/mol. The molecule has 4 nitrogen and oxygen atoms in total. The molecule has 1 fully saturated rings. The Balaban J connectivity index is 1.74. The SMILES string of the molecule is Nc1nc2ccccc2nc1NCC1CCSCC1. The number of nitrogens with zero attached hydrogens (tertiary/aromatic N) is 2. The number of benzene rings is 1. The smallest absolute Gasteiger partial charge is 0.169 e. The molecule has 5 heteroatoms.